The molecule has 0 atom stereocenters. The van der Waals surface area contributed by atoms with Crippen molar-refractivity contribution in [3.05, 3.63) is 60.7 Å². The first kappa shape index (κ1) is 25.8. The molecule has 0 fully saturated rings. The smallest absolute Gasteiger partial charge is 0.138 e. The van der Waals surface area contributed by atoms with Crippen molar-refractivity contribution in [2.45, 2.75) is 27.2 Å². The molecule has 198 valence electrons. The van der Waals surface area contributed by atoms with Crippen molar-refractivity contribution in [2.75, 3.05) is 45.2 Å². The highest BCUT2D eigenvalue weighted by molar-refractivity contribution is 5.87. The third-order valence-electron chi connectivity index (χ3n) is 7.11. The molecule has 0 amide bonds. The number of aromatic amines is 2. The number of hydrogen-bond acceptors (Lipinski definition) is 5. The van der Waals surface area contributed by atoms with Gasteiger partial charge in [-0.2, -0.15) is 0 Å². The third-order valence-corrected chi connectivity index (χ3v) is 7.11. The standard InChI is InChI=1S/C31H38N6O/c1-6-36(4)16-17-37(5)24-10-14-27-29(20-24)35-31(33-27)23-9-13-26-28(19-23)34-30(32-26)22-7-11-25(12-8-22)38-18-15-21(2)3/h7-14,19-21H,6,15-18H2,1-5H3,(H,32,34)(H,33,35). The van der Waals surface area contributed by atoms with Crippen LogP contribution in [-0.2, 0) is 0 Å². The number of benzene rings is 3. The molecule has 5 aromatic rings. The number of hydrogen-bond donors (Lipinski definition) is 2. The molecular formula is C31H38N6O. The number of nitrogens with zero attached hydrogens (tertiary/aromatic N) is 4. The molecule has 5 rings (SSSR count). The first-order chi connectivity index (χ1) is 18.4. The number of rotatable bonds is 11. The molecule has 0 aliphatic rings. The summed E-state index contributed by atoms with van der Waals surface area (Å²) in [6.45, 7) is 10.4. The fourth-order valence-electron chi connectivity index (χ4n) is 4.39. The van der Waals surface area contributed by atoms with Gasteiger partial charge in [0.15, 0.2) is 0 Å². The summed E-state index contributed by atoms with van der Waals surface area (Å²) in [6, 6.07) is 20.8. The topological polar surface area (TPSA) is 73.1 Å². The zero-order valence-corrected chi connectivity index (χ0v) is 23.1. The third kappa shape index (κ3) is 5.83. The van der Waals surface area contributed by atoms with Gasteiger partial charge in [0, 0.05) is 37.0 Å². The Morgan fingerprint density at radius 2 is 1.42 bits per heavy atom. The molecule has 7 heteroatoms. The van der Waals surface area contributed by atoms with Crippen LogP contribution >= 0.6 is 0 Å². The Bertz CT molecular complexity index is 1500. The normalized spacial score (nSPS) is 11.8. The Morgan fingerprint density at radius 1 is 0.789 bits per heavy atom. The fraction of sp³-hybridized carbons (Fsp3) is 0.355. The highest BCUT2D eigenvalue weighted by Gasteiger charge is 2.11. The van der Waals surface area contributed by atoms with Crippen molar-refractivity contribution in [3.63, 3.8) is 0 Å². The van der Waals surface area contributed by atoms with Gasteiger partial charge in [-0.05, 0) is 86.6 Å². The highest BCUT2D eigenvalue weighted by Crippen LogP contribution is 2.28. The molecule has 0 radical (unpaired) electrons. The Morgan fingerprint density at radius 3 is 2.11 bits per heavy atom. The fourth-order valence-corrected chi connectivity index (χ4v) is 4.39. The summed E-state index contributed by atoms with van der Waals surface area (Å²) in [4.78, 5) is 21.3. The van der Waals surface area contributed by atoms with Crippen molar-refractivity contribution < 1.29 is 4.74 Å². The summed E-state index contributed by atoms with van der Waals surface area (Å²) in [7, 11) is 4.29. The van der Waals surface area contributed by atoms with E-state index in [4.69, 9.17) is 14.7 Å². The predicted molar refractivity (Wildman–Crippen MR) is 158 cm³/mol. The average Bonchev–Trinajstić information content (AvgIpc) is 3.55. The summed E-state index contributed by atoms with van der Waals surface area (Å²) in [6.07, 6.45) is 1.05. The summed E-state index contributed by atoms with van der Waals surface area (Å²) in [5, 5.41) is 0. The van der Waals surface area contributed by atoms with Gasteiger partial charge in [0.1, 0.15) is 17.4 Å². The Balaban J connectivity index is 1.33. The largest absolute Gasteiger partial charge is 0.494 e. The molecule has 0 aliphatic heterocycles. The molecule has 2 N–H and O–H groups in total. The van der Waals surface area contributed by atoms with Crippen LogP contribution in [0.5, 0.6) is 5.75 Å². The van der Waals surface area contributed by atoms with Gasteiger partial charge in [-0.1, -0.05) is 20.8 Å². The zero-order chi connectivity index (χ0) is 26.6. The molecule has 0 aliphatic carbocycles. The van der Waals surface area contributed by atoms with E-state index in [2.05, 4.69) is 97.1 Å². The van der Waals surface area contributed by atoms with Crippen LogP contribution in [0, 0.1) is 5.92 Å². The van der Waals surface area contributed by atoms with Crippen LogP contribution in [0.2, 0.25) is 0 Å². The van der Waals surface area contributed by atoms with E-state index < -0.39 is 0 Å². The maximum absolute atomic E-state index is 5.86. The molecule has 0 saturated carbocycles. The maximum atomic E-state index is 5.86. The molecule has 0 bridgehead atoms. The van der Waals surface area contributed by atoms with E-state index in [1.807, 2.05) is 18.2 Å². The van der Waals surface area contributed by atoms with Gasteiger partial charge in [0.05, 0.1) is 28.7 Å². The van der Waals surface area contributed by atoms with Crippen LogP contribution in [0.1, 0.15) is 27.2 Å². The monoisotopic (exact) mass is 510 g/mol. The van der Waals surface area contributed by atoms with Gasteiger partial charge < -0.3 is 24.5 Å². The molecular weight excluding hydrogens is 472 g/mol. The van der Waals surface area contributed by atoms with Gasteiger partial charge in [0.25, 0.3) is 0 Å². The minimum absolute atomic E-state index is 0.635. The second-order valence-corrected chi connectivity index (χ2v) is 10.5. The van der Waals surface area contributed by atoms with Crippen molar-refractivity contribution >= 4 is 27.8 Å². The Kier molecular flexibility index (Phi) is 7.65. The van der Waals surface area contributed by atoms with Crippen molar-refractivity contribution in [1.82, 2.24) is 24.8 Å². The number of nitrogens with one attached hydrogen (secondary N) is 2. The second kappa shape index (κ2) is 11.3. The predicted octanol–water partition coefficient (Wildman–Crippen LogP) is 6.59. The lowest BCUT2D eigenvalue weighted by molar-refractivity contribution is 0.289. The van der Waals surface area contributed by atoms with E-state index in [1.54, 1.807) is 0 Å². The number of fused-ring (bicyclic) bond motifs is 2. The average molecular weight is 511 g/mol. The van der Waals surface area contributed by atoms with Crippen molar-refractivity contribution in [1.29, 1.82) is 0 Å². The van der Waals surface area contributed by atoms with Crippen molar-refractivity contribution in [3.8, 4) is 28.5 Å². The van der Waals surface area contributed by atoms with E-state index in [1.165, 1.54) is 5.69 Å². The lowest BCUT2D eigenvalue weighted by Crippen LogP contribution is -2.30. The van der Waals surface area contributed by atoms with Gasteiger partial charge in [-0.25, -0.2) is 9.97 Å². The molecule has 3 aromatic carbocycles. The second-order valence-electron chi connectivity index (χ2n) is 10.5. The van der Waals surface area contributed by atoms with E-state index in [0.717, 1.165) is 83.3 Å². The minimum Gasteiger partial charge on any atom is -0.494 e. The van der Waals surface area contributed by atoms with Crippen LogP contribution in [0.15, 0.2) is 60.7 Å². The number of likely N-dealkylation sites (N-methyl/N-ethyl adjacent to an activating group) is 2. The minimum atomic E-state index is 0.635. The van der Waals surface area contributed by atoms with E-state index >= 15 is 0 Å². The Hall–Kier alpha value is -3.84. The van der Waals surface area contributed by atoms with Crippen LogP contribution in [0.3, 0.4) is 0 Å². The first-order valence-corrected chi connectivity index (χ1v) is 13.5. The molecule has 0 saturated heterocycles. The number of H-pyrrole nitrogens is 2. The lowest BCUT2D eigenvalue weighted by Gasteiger charge is -2.22. The van der Waals surface area contributed by atoms with Crippen LogP contribution < -0.4 is 9.64 Å². The number of imidazole rings is 2. The van der Waals surface area contributed by atoms with Gasteiger partial charge >= 0.3 is 0 Å². The summed E-state index contributed by atoms with van der Waals surface area (Å²) < 4.78 is 5.86. The summed E-state index contributed by atoms with van der Waals surface area (Å²) in [5.74, 6) is 3.22. The van der Waals surface area contributed by atoms with E-state index in [0.29, 0.717) is 5.92 Å². The molecule has 2 aromatic heterocycles. The zero-order valence-electron chi connectivity index (χ0n) is 23.1. The van der Waals surface area contributed by atoms with Crippen molar-refractivity contribution in [2.24, 2.45) is 5.92 Å². The van der Waals surface area contributed by atoms with Gasteiger partial charge in [-0.15, -0.1) is 0 Å². The first-order valence-electron chi connectivity index (χ1n) is 13.5. The van der Waals surface area contributed by atoms with Gasteiger partial charge in [0.2, 0.25) is 0 Å². The molecule has 0 unspecified atom stereocenters. The molecule has 38 heavy (non-hydrogen) atoms. The quantitative estimate of drug-likeness (QED) is 0.210. The highest BCUT2D eigenvalue weighted by atomic mass is 16.5. The number of ether oxygens (including phenoxy) is 1. The lowest BCUT2D eigenvalue weighted by atomic mass is 10.1. The van der Waals surface area contributed by atoms with E-state index in [9.17, 15) is 0 Å². The maximum Gasteiger partial charge on any atom is 0.138 e. The van der Waals surface area contributed by atoms with Crippen LogP contribution in [0.25, 0.3) is 44.8 Å². The summed E-state index contributed by atoms with van der Waals surface area (Å²) in [5.41, 5.74) is 7.15. The summed E-state index contributed by atoms with van der Waals surface area (Å²) >= 11 is 0. The SMILES string of the molecule is CCN(C)CCN(C)c1ccc2nc(-c3ccc4nc(-c5ccc(OCCC(C)C)cc5)[nH]c4c3)[nH]c2c1. The molecule has 0 spiro atoms. The van der Waals surface area contributed by atoms with Crippen LogP contribution in [0.4, 0.5) is 5.69 Å². The molecule has 7 nitrogen and oxygen atoms in total. The van der Waals surface area contributed by atoms with Gasteiger partial charge in [-0.3, -0.25) is 0 Å². The van der Waals surface area contributed by atoms with Crippen LogP contribution in [-0.4, -0.2) is 65.2 Å². The van der Waals surface area contributed by atoms with E-state index in [-0.39, 0.29) is 0 Å². The Labute approximate surface area is 224 Å². The molecule has 2 heterocycles. The number of aromatic nitrogens is 4. The number of anilines is 1.